The second kappa shape index (κ2) is 8.80. The van der Waals surface area contributed by atoms with E-state index in [9.17, 15) is 40.8 Å². The number of anilines is 1. The van der Waals surface area contributed by atoms with Gasteiger partial charge in [-0.2, -0.15) is 18.3 Å². The van der Waals surface area contributed by atoms with Crippen LogP contribution in [0.3, 0.4) is 0 Å². The third-order valence-corrected chi connectivity index (χ3v) is 4.21. The van der Waals surface area contributed by atoms with E-state index < -0.39 is 45.6 Å². The van der Waals surface area contributed by atoms with Gasteiger partial charge in [0.15, 0.2) is 23.3 Å². The van der Waals surface area contributed by atoms with Gasteiger partial charge in [0.1, 0.15) is 28.5 Å². The second-order valence-electron chi connectivity index (χ2n) is 6.22. The van der Waals surface area contributed by atoms with Gasteiger partial charge in [0.2, 0.25) is 0 Å². The first-order chi connectivity index (χ1) is 15.5. The van der Waals surface area contributed by atoms with Crippen molar-refractivity contribution in [1.29, 1.82) is 0 Å². The number of nitrogens with one attached hydrogen (secondary N) is 1. The molecule has 1 heterocycles. The van der Waals surface area contributed by atoms with Crippen LogP contribution in [0.2, 0.25) is 0 Å². The van der Waals surface area contributed by atoms with Gasteiger partial charge in [-0.15, -0.1) is 0 Å². The number of rotatable bonds is 6. The zero-order valence-electron chi connectivity index (χ0n) is 16.1. The molecule has 0 saturated heterocycles. The fraction of sp³-hybridized carbons (Fsp3) is 0.105. The van der Waals surface area contributed by atoms with E-state index in [4.69, 9.17) is 9.15 Å². The Morgan fingerprint density at radius 1 is 1.06 bits per heavy atom. The Kier molecular flexibility index (Phi) is 6.28. The summed E-state index contributed by atoms with van der Waals surface area (Å²) in [5.74, 6) is -9.90. The van der Waals surface area contributed by atoms with Gasteiger partial charge < -0.3 is 9.15 Å². The number of hydrogen-bond donors (Lipinski definition) is 1. The molecule has 0 atom stereocenters. The number of halogens is 7. The lowest BCUT2D eigenvalue weighted by molar-refractivity contribution is -0.384. The van der Waals surface area contributed by atoms with Crippen LogP contribution in [0.4, 0.5) is 42.1 Å². The van der Waals surface area contributed by atoms with Crippen LogP contribution < -0.4 is 10.2 Å². The standard InChI is InChI=1S/C19H10F7N3O4/c1-32-8-2-4-10(11(6-8)29(30)31)12-5-3-9(33-12)7-27-28-18-16(22)14(20)13(19(24,25)26)15(21)17(18)23/h2-7,28H,1H3/b27-7-. The first kappa shape index (κ1) is 23.6. The van der Waals surface area contributed by atoms with Crippen molar-refractivity contribution >= 4 is 17.6 Å². The molecule has 1 aromatic heterocycles. The van der Waals surface area contributed by atoms with Gasteiger partial charge in [-0.05, 0) is 24.3 Å². The van der Waals surface area contributed by atoms with Crippen LogP contribution in [0.5, 0.6) is 5.75 Å². The average molecular weight is 477 g/mol. The van der Waals surface area contributed by atoms with Crippen LogP contribution in [0, 0.1) is 33.4 Å². The van der Waals surface area contributed by atoms with Gasteiger partial charge in [-0.25, -0.2) is 17.6 Å². The molecule has 3 rings (SSSR count). The third-order valence-electron chi connectivity index (χ3n) is 4.21. The predicted molar refractivity (Wildman–Crippen MR) is 99.8 cm³/mol. The molecule has 33 heavy (non-hydrogen) atoms. The fourth-order valence-corrected chi connectivity index (χ4v) is 2.70. The number of nitro benzene ring substituents is 1. The summed E-state index contributed by atoms with van der Waals surface area (Å²) >= 11 is 0. The number of benzene rings is 2. The highest BCUT2D eigenvalue weighted by molar-refractivity contribution is 5.79. The Labute approximate surface area is 179 Å². The van der Waals surface area contributed by atoms with Crippen LogP contribution >= 0.6 is 0 Å². The average Bonchev–Trinajstić information content (AvgIpc) is 3.22. The van der Waals surface area contributed by atoms with Crippen molar-refractivity contribution in [3.63, 3.8) is 0 Å². The molecule has 0 saturated carbocycles. The van der Waals surface area contributed by atoms with Gasteiger partial charge in [0, 0.05) is 0 Å². The minimum atomic E-state index is -5.67. The smallest absolute Gasteiger partial charge is 0.422 e. The molecule has 0 amide bonds. The Morgan fingerprint density at radius 3 is 2.24 bits per heavy atom. The molecule has 0 aliphatic heterocycles. The molecule has 0 fully saturated rings. The molecule has 0 bridgehead atoms. The van der Waals surface area contributed by atoms with E-state index in [1.165, 1.54) is 31.4 Å². The first-order valence-electron chi connectivity index (χ1n) is 8.60. The molecule has 14 heteroatoms. The van der Waals surface area contributed by atoms with E-state index in [-0.39, 0.29) is 28.5 Å². The molecule has 3 aromatic rings. The number of alkyl halides is 3. The van der Waals surface area contributed by atoms with Crippen LogP contribution in [0.1, 0.15) is 11.3 Å². The molecule has 1 N–H and O–H groups in total. The van der Waals surface area contributed by atoms with E-state index in [1.54, 1.807) is 5.43 Å². The van der Waals surface area contributed by atoms with Crippen molar-refractivity contribution in [3.8, 4) is 17.1 Å². The number of nitro groups is 1. The van der Waals surface area contributed by atoms with E-state index in [1.807, 2.05) is 0 Å². The molecule has 0 aliphatic rings. The quantitative estimate of drug-likeness (QED) is 0.157. The van der Waals surface area contributed by atoms with E-state index in [0.29, 0.717) is 0 Å². The summed E-state index contributed by atoms with van der Waals surface area (Å²) < 4.78 is 103. The summed E-state index contributed by atoms with van der Waals surface area (Å²) in [6.45, 7) is 0. The number of ether oxygens (including phenoxy) is 1. The van der Waals surface area contributed by atoms with Crippen LogP contribution in [-0.2, 0) is 6.18 Å². The van der Waals surface area contributed by atoms with Crippen molar-refractivity contribution < 1.29 is 44.8 Å². The van der Waals surface area contributed by atoms with E-state index >= 15 is 0 Å². The number of methoxy groups -OCH3 is 1. The van der Waals surface area contributed by atoms with Gasteiger partial charge in [0.25, 0.3) is 5.69 Å². The lowest BCUT2D eigenvalue weighted by Crippen LogP contribution is -2.16. The predicted octanol–water partition coefficient (Wildman–Crippen LogP) is 5.88. The van der Waals surface area contributed by atoms with Gasteiger partial charge in [-0.3, -0.25) is 15.5 Å². The highest BCUT2D eigenvalue weighted by Crippen LogP contribution is 2.38. The highest BCUT2D eigenvalue weighted by atomic mass is 19.4. The molecular weight excluding hydrogens is 467 g/mol. The normalized spacial score (nSPS) is 11.8. The second-order valence-corrected chi connectivity index (χ2v) is 6.22. The molecule has 7 nitrogen and oxygen atoms in total. The van der Waals surface area contributed by atoms with E-state index in [2.05, 4.69) is 5.10 Å². The highest BCUT2D eigenvalue weighted by Gasteiger charge is 2.42. The summed E-state index contributed by atoms with van der Waals surface area (Å²) in [6.07, 6.45) is -4.91. The summed E-state index contributed by atoms with van der Waals surface area (Å²) in [6, 6.07) is 6.46. The number of hydrogen-bond acceptors (Lipinski definition) is 6. The van der Waals surface area contributed by atoms with Crippen LogP contribution in [0.15, 0.2) is 39.9 Å². The van der Waals surface area contributed by atoms with Gasteiger partial charge in [-0.1, -0.05) is 0 Å². The first-order valence-corrected chi connectivity index (χ1v) is 8.60. The molecule has 0 spiro atoms. The maximum absolute atomic E-state index is 13.9. The Balaban J connectivity index is 1.88. The maximum atomic E-state index is 13.9. The number of nitrogens with zero attached hydrogens (tertiary/aromatic N) is 2. The Bertz CT molecular complexity index is 1230. The Hall–Kier alpha value is -4.10. The van der Waals surface area contributed by atoms with Crippen LogP contribution in [0.25, 0.3) is 11.3 Å². The lowest BCUT2D eigenvalue weighted by atomic mass is 10.1. The SMILES string of the molecule is COc1ccc(-c2ccc(/C=N\Nc3c(F)c(F)c(C(F)(F)F)c(F)c3F)o2)c([N+](=O)[O-])c1. The molecule has 174 valence electrons. The van der Waals surface area contributed by atoms with Crippen molar-refractivity contribution in [2.75, 3.05) is 12.5 Å². The maximum Gasteiger partial charge on any atom is 0.422 e. The van der Waals surface area contributed by atoms with Crippen molar-refractivity contribution in [3.05, 3.63) is 75.0 Å². The third kappa shape index (κ3) is 4.58. The zero-order valence-corrected chi connectivity index (χ0v) is 16.1. The minimum Gasteiger partial charge on any atom is -0.497 e. The topological polar surface area (TPSA) is 89.9 Å². The van der Waals surface area contributed by atoms with E-state index in [0.717, 1.165) is 12.3 Å². The van der Waals surface area contributed by atoms with Crippen molar-refractivity contribution in [1.82, 2.24) is 0 Å². The largest absolute Gasteiger partial charge is 0.497 e. The molecule has 0 radical (unpaired) electrons. The molecule has 2 aromatic carbocycles. The Morgan fingerprint density at radius 2 is 1.70 bits per heavy atom. The van der Waals surface area contributed by atoms with Gasteiger partial charge >= 0.3 is 6.18 Å². The molecule has 0 unspecified atom stereocenters. The number of furan rings is 1. The lowest BCUT2D eigenvalue weighted by Gasteiger charge is -2.13. The monoisotopic (exact) mass is 477 g/mol. The summed E-state index contributed by atoms with van der Waals surface area (Å²) in [5.41, 5.74) is -3.06. The van der Waals surface area contributed by atoms with Gasteiger partial charge in [0.05, 0.1) is 29.9 Å². The van der Waals surface area contributed by atoms with Crippen LogP contribution in [-0.4, -0.2) is 18.2 Å². The molecule has 0 aliphatic carbocycles. The zero-order chi connectivity index (χ0) is 24.5. The molecular formula is C19H10F7N3O4. The summed E-state index contributed by atoms with van der Waals surface area (Å²) in [7, 11) is 1.31. The summed E-state index contributed by atoms with van der Waals surface area (Å²) in [4.78, 5) is 10.6. The summed E-state index contributed by atoms with van der Waals surface area (Å²) in [5, 5.41) is 14.6. The van der Waals surface area contributed by atoms with Crippen molar-refractivity contribution in [2.45, 2.75) is 6.18 Å². The van der Waals surface area contributed by atoms with Crippen molar-refractivity contribution in [2.24, 2.45) is 5.10 Å². The fourth-order valence-electron chi connectivity index (χ4n) is 2.70. The number of hydrazone groups is 1. The minimum absolute atomic E-state index is 0.00483.